The number of benzene rings is 1. The molecule has 0 saturated heterocycles. The molecule has 0 amide bonds. The summed E-state index contributed by atoms with van der Waals surface area (Å²) in [5.41, 5.74) is 6.40. The molecule has 0 fully saturated rings. The van der Waals surface area contributed by atoms with Gasteiger partial charge in [-0.25, -0.2) is 12.7 Å². The highest BCUT2D eigenvalue weighted by molar-refractivity contribution is 7.89. The van der Waals surface area contributed by atoms with Gasteiger partial charge in [0.15, 0.2) is 0 Å². The zero-order chi connectivity index (χ0) is 13.6. The second-order valence-corrected chi connectivity index (χ2v) is 6.15. The molecule has 0 heterocycles. The van der Waals surface area contributed by atoms with Crippen LogP contribution in [0.4, 0.5) is 0 Å². The molecule has 0 unspecified atom stereocenters. The van der Waals surface area contributed by atoms with Crippen molar-refractivity contribution in [3.05, 3.63) is 42.5 Å². The monoisotopic (exact) mass is 268 g/mol. The molecule has 0 radical (unpaired) electrons. The van der Waals surface area contributed by atoms with Gasteiger partial charge in [0.1, 0.15) is 0 Å². The third kappa shape index (κ3) is 3.66. The van der Waals surface area contributed by atoms with Crippen molar-refractivity contribution in [3.63, 3.8) is 0 Å². The van der Waals surface area contributed by atoms with Crippen LogP contribution in [0.1, 0.15) is 18.4 Å². The van der Waals surface area contributed by atoms with Crippen LogP contribution in [0, 0.1) is 0 Å². The Labute approximate surface area is 109 Å². The Balaban J connectivity index is 2.80. The summed E-state index contributed by atoms with van der Waals surface area (Å²) >= 11 is 0. The van der Waals surface area contributed by atoms with E-state index in [9.17, 15) is 8.42 Å². The van der Waals surface area contributed by atoms with E-state index in [0.29, 0.717) is 18.0 Å². The third-order valence-electron chi connectivity index (χ3n) is 2.75. The molecular weight excluding hydrogens is 248 g/mol. The van der Waals surface area contributed by atoms with Crippen molar-refractivity contribution in [3.8, 4) is 0 Å². The second-order valence-electron chi connectivity index (χ2n) is 4.11. The zero-order valence-electron chi connectivity index (χ0n) is 10.7. The summed E-state index contributed by atoms with van der Waals surface area (Å²) in [6.45, 7) is 4.52. The summed E-state index contributed by atoms with van der Waals surface area (Å²) in [6.07, 6.45) is 3.38. The van der Waals surface area contributed by atoms with Gasteiger partial charge < -0.3 is 5.73 Å². The average molecular weight is 268 g/mol. The van der Waals surface area contributed by atoms with E-state index >= 15 is 0 Å². The van der Waals surface area contributed by atoms with Gasteiger partial charge in [-0.05, 0) is 30.5 Å². The molecule has 0 aromatic heterocycles. The number of hydrogen-bond donors (Lipinski definition) is 1. The number of allylic oxidation sites excluding steroid dienone is 1. The Morgan fingerprint density at radius 2 is 1.94 bits per heavy atom. The van der Waals surface area contributed by atoms with Crippen LogP contribution in [0.2, 0.25) is 0 Å². The van der Waals surface area contributed by atoms with Crippen molar-refractivity contribution in [1.29, 1.82) is 0 Å². The van der Waals surface area contributed by atoms with Gasteiger partial charge in [-0.15, -0.1) is 6.58 Å². The minimum absolute atomic E-state index is 0.306. The molecule has 5 heteroatoms. The number of unbranched alkanes of at least 4 members (excludes halogenated alkanes) is 1. The molecule has 1 aromatic rings. The molecule has 4 nitrogen and oxygen atoms in total. The van der Waals surface area contributed by atoms with Gasteiger partial charge in [-0.1, -0.05) is 18.2 Å². The van der Waals surface area contributed by atoms with E-state index in [-0.39, 0.29) is 0 Å². The maximum Gasteiger partial charge on any atom is 0.242 e. The first-order valence-electron chi connectivity index (χ1n) is 5.88. The summed E-state index contributed by atoms with van der Waals surface area (Å²) in [5.74, 6) is 0. The van der Waals surface area contributed by atoms with Crippen molar-refractivity contribution in [2.75, 3.05) is 13.6 Å². The number of hydrogen-bond acceptors (Lipinski definition) is 3. The van der Waals surface area contributed by atoms with E-state index in [1.165, 1.54) is 4.31 Å². The molecule has 0 aliphatic carbocycles. The fourth-order valence-corrected chi connectivity index (χ4v) is 2.77. The molecule has 1 rings (SSSR count). The quantitative estimate of drug-likeness (QED) is 0.605. The summed E-state index contributed by atoms with van der Waals surface area (Å²) in [6, 6.07) is 6.68. The number of nitrogens with two attached hydrogens (primary N) is 1. The van der Waals surface area contributed by atoms with Crippen LogP contribution in [0.3, 0.4) is 0 Å². The number of sulfonamides is 1. The lowest BCUT2D eigenvalue weighted by atomic mass is 10.2. The molecule has 0 bridgehead atoms. The SMILES string of the molecule is C=CCCCN(C)S(=O)(=O)c1ccc(CN)cc1. The number of nitrogens with zero attached hydrogens (tertiary/aromatic N) is 1. The van der Waals surface area contributed by atoms with Gasteiger partial charge in [0, 0.05) is 20.1 Å². The molecule has 2 N–H and O–H groups in total. The highest BCUT2D eigenvalue weighted by atomic mass is 32.2. The Hall–Kier alpha value is -1.17. The molecule has 0 aliphatic rings. The minimum Gasteiger partial charge on any atom is -0.326 e. The standard InChI is InChI=1S/C13H20N2O2S/c1-3-4-5-10-15(2)18(16,17)13-8-6-12(11-14)7-9-13/h3,6-9H,1,4-5,10-11,14H2,2H3. The van der Waals surface area contributed by atoms with Gasteiger partial charge in [-0.3, -0.25) is 0 Å². The van der Waals surface area contributed by atoms with Gasteiger partial charge in [0.25, 0.3) is 0 Å². The van der Waals surface area contributed by atoms with E-state index in [0.717, 1.165) is 18.4 Å². The van der Waals surface area contributed by atoms with Crippen molar-refractivity contribution in [2.24, 2.45) is 5.73 Å². The van der Waals surface area contributed by atoms with Crippen LogP contribution in [-0.4, -0.2) is 26.3 Å². The molecule has 100 valence electrons. The Bertz CT molecular complexity index is 480. The van der Waals surface area contributed by atoms with Crippen LogP contribution in [0.25, 0.3) is 0 Å². The number of rotatable bonds is 7. The van der Waals surface area contributed by atoms with Crippen molar-refractivity contribution in [2.45, 2.75) is 24.3 Å². The van der Waals surface area contributed by atoms with E-state index in [1.54, 1.807) is 37.4 Å². The zero-order valence-corrected chi connectivity index (χ0v) is 11.5. The molecular formula is C13H20N2O2S. The van der Waals surface area contributed by atoms with E-state index in [2.05, 4.69) is 6.58 Å². The van der Waals surface area contributed by atoms with Crippen LogP contribution in [0.5, 0.6) is 0 Å². The Morgan fingerprint density at radius 3 is 2.44 bits per heavy atom. The highest BCUT2D eigenvalue weighted by Crippen LogP contribution is 2.15. The van der Waals surface area contributed by atoms with E-state index < -0.39 is 10.0 Å². The highest BCUT2D eigenvalue weighted by Gasteiger charge is 2.19. The van der Waals surface area contributed by atoms with Crippen LogP contribution in [-0.2, 0) is 16.6 Å². The van der Waals surface area contributed by atoms with Crippen molar-refractivity contribution in [1.82, 2.24) is 4.31 Å². The summed E-state index contributed by atoms with van der Waals surface area (Å²) < 4.78 is 25.8. The van der Waals surface area contributed by atoms with Crippen LogP contribution in [0.15, 0.2) is 41.8 Å². The lowest BCUT2D eigenvalue weighted by Gasteiger charge is -2.16. The van der Waals surface area contributed by atoms with Crippen LogP contribution < -0.4 is 5.73 Å². The van der Waals surface area contributed by atoms with Crippen molar-refractivity contribution >= 4 is 10.0 Å². The predicted molar refractivity (Wildman–Crippen MR) is 73.6 cm³/mol. The summed E-state index contributed by atoms with van der Waals surface area (Å²) in [5, 5.41) is 0. The molecule has 0 atom stereocenters. The summed E-state index contributed by atoms with van der Waals surface area (Å²) in [4.78, 5) is 0.306. The van der Waals surface area contributed by atoms with Gasteiger partial charge >= 0.3 is 0 Å². The fraction of sp³-hybridized carbons (Fsp3) is 0.385. The lowest BCUT2D eigenvalue weighted by Crippen LogP contribution is -2.27. The molecule has 0 aliphatic heterocycles. The first-order chi connectivity index (χ1) is 8.52. The fourth-order valence-electron chi connectivity index (χ4n) is 1.56. The molecule has 0 spiro atoms. The Kier molecular flexibility index (Phi) is 5.53. The van der Waals surface area contributed by atoms with Crippen LogP contribution >= 0.6 is 0 Å². The summed E-state index contributed by atoms with van der Waals surface area (Å²) in [7, 11) is -1.79. The lowest BCUT2D eigenvalue weighted by molar-refractivity contribution is 0.463. The van der Waals surface area contributed by atoms with E-state index in [1.807, 2.05) is 0 Å². The third-order valence-corrected chi connectivity index (χ3v) is 4.62. The van der Waals surface area contributed by atoms with E-state index in [4.69, 9.17) is 5.73 Å². The van der Waals surface area contributed by atoms with Gasteiger partial charge in [0.2, 0.25) is 10.0 Å². The maximum absolute atomic E-state index is 12.2. The van der Waals surface area contributed by atoms with Crippen molar-refractivity contribution < 1.29 is 8.42 Å². The van der Waals surface area contributed by atoms with Gasteiger partial charge in [0.05, 0.1) is 4.90 Å². The topological polar surface area (TPSA) is 63.4 Å². The first-order valence-corrected chi connectivity index (χ1v) is 7.32. The molecule has 18 heavy (non-hydrogen) atoms. The first kappa shape index (κ1) is 14.9. The minimum atomic E-state index is -3.39. The largest absolute Gasteiger partial charge is 0.326 e. The molecule has 0 saturated carbocycles. The predicted octanol–water partition coefficient (Wildman–Crippen LogP) is 1.73. The normalized spacial score (nSPS) is 11.7. The van der Waals surface area contributed by atoms with Gasteiger partial charge in [-0.2, -0.15) is 0 Å². The Morgan fingerprint density at radius 1 is 1.33 bits per heavy atom. The average Bonchev–Trinajstić information content (AvgIpc) is 2.39. The second kappa shape index (κ2) is 6.68. The molecule has 1 aromatic carbocycles. The maximum atomic E-state index is 12.2. The smallest absolute Gasteiger partial charge is 0.242 e.